The van der Waals surface area contributed by atoms with Crippen LogP contribution in [-0.4, -0.2) is 35.5 Å². The number of rotatable bonds is 5. The average molecular weight is 324 g/mol. The van der Waals surface area contributed by atoms with Crippen LogP contribution in [0.2, 0.25) is 0 Å². The van der Waals surface area contributed by atoms with Crippen molar-refractivity contribution in [1.82, 2.24) is 9.88 Å². The fourth-order valence-electron chi connectivity index (χ4n) is 3.25. The predicted molar refractivity (Wildman–Crippen MR) is 94.1 cm³/mol. The predicted octanol–water partition coefficient (Wildman–Crippen LogP) is 3.43. The molecule has 0 aliphatic carbocycles. The highest BCUT2D eigenvalue weighted by molar-refractivity contribution is 5.79. The molecule has 0 spiro atoms. The van der Waals surface area contributed by atoms with E-state index in [4.69, 9.17) is 4.74 Å². The second-order valence-corrected chi connectivity index (χ2v) is 6.19. The number of carbonyl (C=O) groups is 1. The van der Waals surface area contributed by atoms with Crippen LogP contribution in [0, 0.1) is 0 Å². The van der Waals surface area contributed by atoms with Gasteiger partial charge in [0.15, 0.2) is 0 Å². The van der Waals surface area contributed by atoms with E-state index in [1.807, 2.05) is 48.5 Å². The third-order valence-electron chi connectivity index (χ3n) is 4.61. The molecule has 1 saturated heterocycles. The van der Waals surface area contributed by atoms with Crippen LogP contribution >= 0.6 is 0 Å². The number of hydrogen-bond acceptors (Lipinski definition) is 3. The fourth-order valence-corrected chi connectivity index (χ4v) is 3.25. The van der Waals surface area contributed by atoms with E-state index in [0.717, 1.165) is 37.2 Å². The molecule has 0 bridgehead atoms. The van der Waals surface area contributed by atoms with Gasteiger partial charge in [-0.15, -0.1) is 0 Å². The minimum atomic E-state index is 0.215. The van der Waals surface area contributed by atoms with Crippen molar-refractivity contribution in [2.24, 2.45) is 0 Å². The van der Waals surface area contributed by atoms with E-state index >= 15 is 0 Å². The first-order valence-corrected chi connectivity index (χ1v) is 8.65. The van der Waals surface area contributed by atoms with Crippen LogP contribution in [0.25, 0.3) is 0 Å². The van der Waals surface area contributed by atoms with Gasteiger partial charge in [-0.3, -0.25) is 9.78 Å². The van der Waals surface area contributed by atoms with Crippen molar-refractivity contribution in [1.29, 1.82) is 0 Å². The molecule has 1 fully saturated rings. The van der Waals surface area contributed by atoms with Gasteiger partial charge in [0.05, 0.1) is 13.0 Å². The quantitative estimate of drug-likeness (QED) is 0.846. The molecule has 0 atom stereocenters. The average Bonchev–Trinajstić information content (AvgIpc) is 2.64. The highest BCUT2D eigenvalue weighted by Crippen LogP contribution is 2.27. The van der Waals surface area contributed by atoms with Gasteiger partial charge in [-0.05, 0) is 61.1 Å². The Morgan fingerprint density at radius 2 is 1.79 bits per heavy atom. The van der Waals surface area contributed by atoms with E-state index in [1.54, 1.807) is 0 Å². The Kier molecular flexibility index (Phi) is 5.47. The molecule has 3 rings (SSSR count). The van der Waals surface area contributed by atoms with E-state index < -0.39 is 0 Å². The fraction of sp³-hybridized carbons (Fsp3) is 0.400. The minimum Gasteiger partial charge on any atom is -0.494 e. The highest BCUT2D eigenvalue weighted by Gasteiger charge is 2.23. The SMILES string of the molecule is CCOc1ccc(CC(=O)N2CCC(c3ccncc3)CC2)cc1. The number of ether oxygens (including phenoxy) is 1. The lowest BCUT2D eigenvalue weighted by molar-refractivity contribution is -0.131. The molecular formula is C20H24N2O2. The van der Waals surface area contributed by atoms with Gasteiger partial charge in [0, 0.05) is 25.5 Å². The topological polar surface area (TPSA) is 42.4 Å². The van der Waals surface area contributed by atoms with Crippen LogP contribution < -0.4 is 4.74 Å². The molecule has 2 aromatic rings. The van der Waals surface area contributed by atoms with Crippen molar-refractivity contribution in [3.8, 4) is 5.75 Å². The first kappa shape index (κ1) is 16.5. The van der Waals surface area contributed by atoms with E-state index in [-0.39, 0.29) is 5.91 Å². The summed E-state index contributed by atoms with van der Waals surface area (Å²) in [6.07, 6.45) is 6.21. The number of nitrogens with zero attached hydrogens (tertiary/aromatic N) is 2. The zero-order chi connectivity index (χ0) is 16.8. The number of likely N-dealkylation sites (tertiary alicyclic amines) is 1. The summed E-state index contributed by atoms with van der Waals surface area (Å²) in [4.78, 5) is 18.6. The molecule has 24 heavy (non-hydrogen) atoms. The third kappa shape index (κ3) is 4.13. The zero-order valence-corrected chi connectivity index (χ0v) is 14.1. The highest BCUT2D eigenvalue weighted by atomic mass is 16.5. The van der Waals surface area contributed by atoms with Crippen LogP contribution in [0.1, 0.15) is 36.8 Å². The maximum absolute atomic E-state index is 12.5. The van der Waals surface area contributed by atoms with Gasteiger partial charge in [-0.1, -0.05) is 12.1 Å². The van der Waals surface area contributed by atoms with Crippen molar-refractivity contribution < 1.29 is 9.53 Å². The van der Waals surface area contributed by atoms with Gasteiger partial charge in [0.2, 0.25) is 5.91 Å². The Morgan fingerprint density at radius 3 is 2.42 bits per heavy atom. The minimum absolute atomic E-state index is 0.215. The van der Waals surface area contributed by atoms with E-state index in [1.165, 1.54) is 5.56 Å². The van der Waals surface area contributed by atoms with Gasteiger partial charge in [0.25, 0.3) is 0 Å². The third-order valence-corrected chi connectivity index (χ3v) is 4.61. The maximum atomic E-state index is 12.5. The Morgan fingerprint density at radius 1 is 1.12 bits per heavy atom. The lowest BCUT2D eigenvalue weighted by Crippen LogP contribution is -2.38. The van der Waals surface area contributed by atoms with E-state index in [0.29, 0.717) is 18.9 Å². The zero-order valence-electron chi connectivity index (χ0n) is 14.1. The summed E-state index contributed by atoms with van der Waals surface area (Å²) in [6.45, 7) is 4.30. The second-order valence-electron chi connectivity index (χ2n) is 6.19. The number of aromatic nitrogens is 1. The molecule has 4 heteroatoms. The molecule has 0 saturated carbocycles. The first-order chi connectivity index (χ1) is 11.8. The normalized spacial score (nSPS) is 15.3. The molecule has 126 valence electrons. The number of carbonyl (C=O) groups excluding carboxylic acids is 1. The lowest BCUT2D eigenvalue weighted by Gasteiger charge is -2.32. The molecule has 1 aromatic carbocycles. The summed E-state index contributed by atoms with van der Waals surface area (Å²) in [5, 5.41) is 0. The molecule has 2 heterocycles. The second kappa shape index (κ2) is 7.95. The van der Waals surface area contributed by atoms with Crippen molar-refractivity contribution in [2.75, 3.05) is 19.7 Å². The van der Waals surface area contributed by atoms with E-state index in [2.05, 4.69) is 17.1 Å². The van der Waals surface area contributed by atoms with Crippen molar-refractivity contribution >= 4 is 5.91 Å². The number of pyridine rings is 1. The molecule has 1 aromatic heterocycles. The summed E-state index contributed by atoms with van der Waals surface area (Å²) in [5.41, 5.74) is 2.38. The first-order valence-electron chi connectivity index (χ1n) is 8.65. The molecule has 4 nitrogen and oxygen atoms in total. The Labute approximate surface area is 143 Å². The lowest BCUT2D eigenvalue weighted by atomic mass is 9.90. The van der Waals surface area contributed by atoms with Crippen molar-refractivity contribution in [2.45, 2.75) is 32.1 Å². The monoisotopic (exact) mass is 324 g/mol. The number of hydrogen-bond donors (Lipinski definition) is 0. The van der Waals surface area contributed by atoms with E-state index in [9.17, 15) is 4.79 Å². The van der Waals surface area contributed by atoms with Crippen LogP contribution in [-0.2, 0) is 11.2 Å². The molecule has 1 aliphatic heterocycles. The summed E-state index contributed by atoms with van der Waals surface area (Å²) in [7, 11) is 0. The van der Waals surface area contributed by atoms with Gasteiger partial charge in [0.1, 0.15) is 5.75 Å². The van der Waals surface area contributed by atoms with Crippen LogP contribution in [0.15, 0.2) is 48.8 Å². The van der Waals surface area contributed by atoms with Crippen molar-refractivity contribution in [3.63, 3.8) is 0 Å². The summed E-state index contributed by atoms with van der Waals surface area (Å²) in [6, 6.07) is 12.0. The molecule has 1 amide bonds. The van der Waals surface area contributed by atoms with Gasteiger partial charge in [-0.25, -0.2) is 0 Å². The number of benzene rings is 1. The molecule has 0 N–H and O–H groups in total. The van der Waals surface area contributed by atoms with Crippen LogP contribution in [0.3, 0.4) is 0 Å². The Bertz CT molecular complexity index is 647. The smallest absolute Gasteiger partial charge is 0.226 e. The molecular weight excluding hydrogens is 300 g/mol. The standard InChI is InChI=1S/C20H24N2O2/c1-2-24-19-5-3-16(4-6-19)15-20(23)22-13-9-18(10-14-22)17-7-11-21-12-8-17/h3-8,11-12,18H,2,9-10,13-15H2,1H3. The van der Waals surface area contributed by atoms with Crippen LogP contribution in [0.5, 0.6) is 5.75 Å². The summed E-state index contributed by atoms with van der Waals surface area (Å²) in [5.74, 6) is 1.61. The Hall–Kier alpha value is -2.36. The van der Waals surface area contributed by atoms with Gasteiger partial charge >= 0.3 is 0 Å². The molecule has 0 radical (unpaired) electrons. The molecule has 0 unspecified atom stereocenters. The van der Waals surface area contributed by atoms with Gasteiger partial charge < -0.3 is 9.64 Å². The summed E-state index contributed by atoms with van der Waals surface area (Å²) < 4.78 is 5.44. The number of piperidine rings is 1. The maximum Gasteiger partial charge on any atom is 0.226 e. The van der Waals surface area contributed by atoms with Crippen molar-refractivity contribution in [3.05, 3.63) is 59.9 Å². The van der Waals surface area contributed by atoms with Crippen LogP contribution in [0.4, 0.5) is 0 Å². The molecule has 1 aliphatic rings. The summed E-state index contributed by atoms with van der Waals surface area (Å²) >= 11 is 0. The largest absolute Gasteiger partial charge is 0.494 e. The number of amides is 1. The Balaban J connectivity index is 1.51. The van der Waals surface area contributed by atoms with Gasteiger partial charge in [-0.2, -0.15) is 0 Å².